The van der Waals surface area contributed by atoms with Gasteiger partial charge in [-0.3, -0.25) is 4.79 Å². The highest BCUT2D eigenvalue weighted by atomic mass is 16.5. The Morgan fingerprint density at radius 3 is 2.22 bits per heavy atom. The molecule has 5 nitrogen and oxygen atoms in total. The van der Waals surface area contributed by atoms with Crippen LogP contribution in [0.1, 0.15) is 38.3 Å². The van der Waals surface area contributed by atoms with E-state index in [-0.39, 0.29) is 11.3 Å². The van der Waals surface area contributed by atoms with Gasteiger partial charge in [0.25, 0.3) is 0 Å². The molecule has 1 amide bonds. The number of ether oxygens (including phenoxy) is 3. The van der Waals surface area contributed by atoms with Crippen molar-refractivity contribution in [3.63, 3.8) is 0 Å². The van der Waals surface area contributed by atoms with Gasteiger partial charge in [-0.1, -0.05) is 39.0 Å². The van der Waals surface area contributed by atoms with Crippen molar-refractivity contribution in [3.8, 4) is 17.2 Å². The smallest absolute Gasteiger partial charge is 0.223 e. The Morgan fingerprint density at radius 2 is 1.63 bits per heavy atom. The second-order valence-electron chi connectivity index (χ2n) is 7.34. The second kappa shape index (κ2) is 9.31. The summed E-state index contributed by atoms with van der Waals surface area (Å²) >= 11 is 0. The van der Waals surface area contributed by atoms with E-state index >= 15 is 0 Å². The molecule has 0 aliphatic rings. The van der Waals surface area contributed by atoms with E-state index in [0.29, 0.717) is 31.1 Å². The molecule has 1 N–H and O–H groups in total. The normalized spacial score (nSPS) is 11.0. The molecule has 0 fully saturated rings. The van der Waals surface area contributed by atoms with Gasteiger partial charge >= 0.3 is 0 Å². The topological polar surface area (TPSA) is 56.8 Å². The summed E-state index contributed by atoms with van der Waals surface area (Å²) in [6.07, 6.45) is 0.300. The van der Waals surface area contributed by atoms with E-state index in [2.05, 4.69) is 38.2 Å². The van der Waals surface area contributed by atoms with Crippen LogP contribution in [0.4, 0.5) is 0 Å². The molecule has 146 valence electrons. The van der Waals surface area contributed by atoms with Gasteiger partial charge in [0.05, 0.1) is 27.2 Å². The fraction of sp³-hybridized carbons (Fsp3) is 0.409. The third-order valence-corrected chi connectivity index (χ3v) is 4.26. The zero-order valence-corrected chi connectivity index (χ0v) is 16.8. The molecule has 0 unspecified atom stereocenters. The van der Waals surface area contributed by atoms with Crippen molar-refractivity contribution < 1.29 is 19.0 Å². The van der Waals surface area contributed by atoms with Gasteiger partial charge in [-0.2, -0.15) is 0 Å². The van der Waals surface area contributed by atoms with Crippen molar-refractivity contribution in [1.29, 1.82) is 0 Å². The third kappa shape index (κ3) is 6.20. The van der Waals surface area contributed by atoms with Crippen LogP contribution in [0.3, 0.4) is 0 Å². The van der Waals surface area contributed by atoms with Crippen LogP contribution in [-0.4, -0.2) is 26.7 Å². The Kier molecular flexibility index (Phi) is 7.11. The molecule has 0 aliphatic heterocycles. The molecule has 0 heterocycles. The highest BCUT2D eigenvalue weighted by Crippen LogP contribution is 2.27. The largest absolute Gasteiger partial charge is 0.493 e. The predicted molar refractivity (Wildman–Crippen MR) is 107 cm³/mol. The minimum Gasteiger partial charge on any atom is -0.493 e. The average Bonchev–Trinajstić information content (AvgIpc) is 2.65. The van der Waals surface area contributed by atoms with Crippen molar-refractivity contribution in [2.24, 2.45) is 0 Å². The quantitative estimate of drug-likeness (QED) is 0.759. The van der Waals surface area contributed by atoms with Gasteiger partial charge in [0.1, 0.15) is 5.75 Å². The van der Waals surface area contributed by atoms with Gasteiger partial charge in [0.15, 0.2) is 11.5 Å². The molecule has 0 aliphatic carbocycles. The van der Waals surface area contributed by atoms with Crippen LogP contribution in [0.15, 0.2) is 42.5 Å². The monoisotopic (exact) mass is 371 g/mol. The number of carbonyl (C=O) groups excluding carboxylic acids is 1. The minimum absolute atomic E-state index is 0.0592. The summed E-state index contributed by atoms with van der Waals surface area (Å²) in [4.78, 5) is 12.0. The maximum Gasteiger partial charge on any atom is 0.223 e. The zero-order chi connectivity index (χ0) is 19.9. The van der Waals surface area contributed by atoms with Crippen LogP contribution in [0.25, 0.3) is 0 Å². The molecule has 0 saturated heterocycles. The van der Waals surface area contributed by atoms with E-state index in [4.69, 9.17) is 14.2 Å². The van der Waals surface area contributed by atoms with Crippen molar-refractivity contribution in [2.45, 2.75) is 39.2 Å². The fourth-order valence-electron chi connectivity index (χ4n) is 2.59. The van der Waals surface area contributed by atoms with Crippen LogP contribution >= 0.6 is 0 Å². The lowest BCUT2D eigenvalue weighted by Crippen LogP contribution is -2.24. The average molecular weight is 371 g/mol. The summed E-state index contributed by atoms with van der Waals surface area (Å²) in [6, 6.07) is 13.6. The first-order chi connectivity index (χ1) is 12.8. The fourth-order valence-corrected chi connectivity index (χ4v) is 2.59. The minimum atomic E-state index is -0.0592. The summed E-state index contributed by atoms with van der Waals surface area (Å²) in [5.74, 6) is 2.02. The van der Waals surface area contributed by atoms with E-state index in [1.165, 1.54) is 5.56 Å². The van der Waals surface area contributed by atoms with Crippen LogP contribution in [0.2, 0.25) is 0 Å². The standard InChI is InChI=1S/C22H29NO4/c1-22(2,3)17-7-9-18(10-8-17)27-13-12-21(24)23-15-16-6-11-19(25-4)20(14-16)26-5/h6-11,14H,12-13,15H2,1-5H3,(H,23,24). The number of amides is 1. The lowest BCUT2D eigenvalue weighted by Gasteiger charge is -2.19. The summed E-state index contributed by atoms with van der Waals surface area (Å²) in [5.41, 5.74) is 2.31. The van der Waals surface area contributed by atoms with Gasteiger partial charge in [0, 0.05) is 6.54 Å². The molecule has 0 atom stereocenters. The van der Waals surface area contributed by atoms with Crippen LogP contribution in [0.5, 0.6) is 17.2 Å². The molecule has 2 aromatic rings. The van der Waals surface area contributed by atoms with Crippen LogP contribution in [-0.2, 0) is 16.8 Å². The van der Waals surface area contributed by atoms with Gasteiger partial charge in [-0.15, -0.1) is 0 Å². The Hall–Kier alpha value is -2.69. The Labute approximate surface area is 161 Å². The van der Waals surface area contributed by atoms with Crippen molar-refractivity contribution in [3.05, 3.63) is 53.6 Å². The van der Waals surface area contributed by atoms with E-state index in [9.17, 15) is 4.79 Å². The SMILES string of the molecule is COc1ccc(CNC(=O)CCOc2ccc(C(C)(C)C)cc2)cc1OC. The molecule has 0 saturated carbocycles. The Bertz CT molecular complexity index is 748. The van der Waals surface area contributed by atoms with E-state index in [1.54, 1.807) is 14.2 Å². The Balaban J connectivity index is 1.76. The number of rotatable bonds is 8. The molecule has 2 rings (SSSR count). The Morgan fingerprint density at radius 1 is 0.963 bits per heavy atom. The lowest BCUT2D eigenvalue weighted by molar-refractivity contribution is -0.121. The van der Waals surface area contributed by atoms with E-state index in [0.717, 1.165) is 11.3 Å². The molecule has 5 heteroatoms. The molecule has 2 aromatic carbocycles. The molecule has 27 heavy (non-hydrogen) atoms. The maximum atomic E-state index is 12.0. The molecule has 0 spiro atoms. The molecule has 0 radical (unpaired) electrons. The first-order valence-electron chi connectivity index (χ1n) is 9.04. The molecular formula is C22H29NO4. The first-order valence-corrected chi connectivity index (χ1v) is 9.04. The highest BCUT2D eigenvalue weighted by molar-refractivity contribution is 5.76. The summed E-state index contributed by atoms with van der Waals surface area (Å²) in [7, 11) is 3.18. The number of hydrogen-bond donors (Lipinski definition) is 1. The number of benzene rings is 2. The van der Waals surface area contributed by atoms with Gasteiger partial charge < -0.3 is 19.5 Å². The number of methoxy groups -OCH3 is 2. The zero-order valence-electron chi connectivity index (χ0n) is 16.8. The summed E-state index contributed by atoms with van der Waals surface area (Å²) < 4.78 is 16.1. The third-order valence-electron chi connectivity index (χ3n) is 4.26. The number of nitrogens with one attached hydrogen (secondary N) is 1. The van der Waals surface area contributed by atoms with Gasteiger partial charge in [0.2, 0.25) is 5.91 Å². The number of hydrogen-bond acceptors (Lipinski definition) is 4. The number of carbonyl (C=O) groups is 1. The van der Waals surface area contributed by atoms with Crippen molar-refractivity contribution >= 4 is 5.91 Å². The van der Waals surface area contributed by atoms with Crippen LogP contribution < -0.4 is 19.5 Å². The van der Waals surface area contributed by atoms with Crippen LogP contribution in [0, 0.1) is 0 Å². The summed E-state index contributed by atoms with van der Waals surface area (Å²) in [6.45, 7) is 7.29. The predicted octanol–water partition coefficient (Wildman–Crippen LogP) is 4.09. The van der Waals surface area contributed by atoms with Crippen molar-refractivity contribution in [1.82, 2.24) is 5.32 Å². The van der Waals surface area contributed by atoms with Gasteiger partial charge in [-0.05, 0) is 40.8 Å². The van der Waals surface area contributed by atoms with E-state index < -0.39 is 0 Å². The lowest BCUT2D eigenvalue weighted by atomic mass is 9.87. The molecule has 0 aromatic heterocycles. The van der Waals surface area contributed by atoms with Gasteiger partial charge in [-0.25, -0.2) is 0 Å². The first kappa shape index (κ1) is 20.6. The highest BCUT2D eigenvalue weighted by Gasteiger charge is 2.13. The maximum absolute atomic E-state index is 12.0. The van der Waals surface area contributed by atoms with Crippen molar-refractivity contribution in [2.75, 3.05) is 20.8 Å². The van der Waals surface area contributed by atoms with E-state index in [1.807, 2.05) is 30.3 Å². The summed E-state index contributed by atoms with van der Waals surface area (Å²) in [5, 5.41) is 2.89. The molecule has 0 bridgehead atoms. The second-order valence-corrected chi connectivity index (χ2v) is 7.34. The molecular weight excluding hydrogens is 342 g/mol.